The van der Waals surface area contributed by atoms with E-state index in [4.69, 9.17) is 4.74 Å². The zero-order valence-corrected chi connectivity index (χ0v) is 16.9. The number of sulfone groups is 2. The molecule has 0 aliphatic rings. The number of rotatable bonds is 4. The average Bonchev–Trinajstić information content (AvgIpc) is 2.40. The molecule has 0 N–H and O–H groups in total. The lowest BCUT2D eigenvalue weighted by molar-refractivity contribution is 0.475. The number of halogens is 2. The van der Waals surface area contributed by atoms with Crippen LogP contribution >= 0.6 is 31.9 Å². The molecular weight excluding hydrogens is 472 g/mol. The SMILES string of the molecule is CS(=O)(=O)c1ccc(Oc2ccc(S(C)(=O)=O)cc2Br)c(Br)c1. The third kappa shape index (κ3) is 4.56. The Balaban J connectivity index is 2.37. The first-order valence-corrected chi connectivity index (χ1v) is 11.5. The molecular formula is C14H12Br2O5S2. The number of hydrogen-bond acceptors (Lipinski definition) is 5. The van der Waals surface area contributed by atoms with E-state index in [9.17, 15) is 16.8 Å². The normalized spacial score (nSPS) is 12.2. The summed E-state index contributed by atoms with van der Waals surface area (Å²) in [5.74, 6) is 0.815. The first-order chi connectivity index (χ1) is 10.5. The van der Waals surface area contributed by atoms with E-state index < -0.39 is 19.7 Å². The third-order valence-electron chi connectivity index (χ3n) is 2.88. The fourth-order valence-corrected chi connectivity index (χ4v) is 4.23. The fraction of sp³-hybridized carbons (Fsp3) is 0.143. The van der Waals surface area contributed by atoms with Crippen molar-refractivity contribution in [3.05, 3.63) is 45.3 Å². The summed E-state index contributed by atoms with van der Waals surface area (Å²) in [4.78, 5) is 0.339. The minimum absolute atomic E-state index is 0.170. The van der Waals surface area contributed by atoms with Gasteiger partial charge in [0.05, 0.1) is 18.7 Å². The summed E-state index contributed by atoms with van der Waals surface area (Å²) < 4.78 is 52.7. The number of hydrogen-bond donors (Lipinski definition) is 0. The Bertz CT molecular complexity index is 887. The van der Waals surface area contributed by atoms with Crippen molar-refractivity contribution in [3.8, 4) is 11.5 Å². The van der Waals surface area contributed by atoms with E-state index >= 15 is 0 Å². The molecule has 0 aromatic heterocycles. The topological polar surface area (TPSA) is 77.5 Å². The summed E-state index contributed by atoms with van der Waals surface area (Å²) in [5.41, 5.74) is 0. The van der Waals surface area contributed by atoms with E-state index in [1.165, 1.54) is 36.4 Å². The van der Waals surface area contributed by atoms with E-state index in [0.29, 0.717) is 20.4 Å². The first-order valence-electron chi connectivity index (χ1n) is 6.15. The van der Waals surface area contributed by atoms with E-state index in [2.05, 4.69) is 31.9 Å². The Morgan fingerprint density at radius 3 is 1.35 bits per heavy atom. The molecule has 124 valence electrons. The lowest BCUT2D eigenvalue weighted by Crippen LogP contribution is -1.98. The van der Waals surface area contributed by atoms with Crippen LogP contribution in [0.1, 0.15) is 0 Å². The van der Waals surface area contributed by atoms with Gasteiger partial charge in [-0.05, 0) is 68.3 Å². The molecule has 0 fully saturated rings. The second-order valence-electron chi connectivity index (χ2n) is 4.83. The van der Waals surface area contributed by atoms with Crippen molar-refractivity contribution in [1.29, 1.82) is 0 Å². The molecule has 0 radical (unpaired) electrons. The van der Waals surface area contributed by atoms with Crippen molar-refractivity contribution in [3.63, 3.8) is 0 Å². The summed E-state index contributed by atoms with van der Waals surface area (Å²) in [5, 5.41) is 0. The molecule has 0 saturated carbocycles. The van der Waals surface area contributed by atoms with Gasteiger partial charge in [-0.3, -0.25) is 0 Å². The molecule has 23 heavy (non-hydrogen) atoms. The van der Waals surface area contributed by atoms with Crippen molar-refractivity contribution >= 4 is 51.5 Å². The fourth-order valence-electron chi connectivity index (χ4n) is 1.71. The molecule has 0 atom stereocenters. The highest BCUT2D eigenvalue weighted by Gasteiger charge is 2.14. The predicted molar refractivity (Wildman–Crippen MR) is 94.6 cm³/mol. The van der Waals surface area contributed by atoms with E-state index in [0.717, 1.165) is 12.5 Å². The smallest absolute Gasteiger partial charge is 0.175 e. The van der Waals surface area contributed by atoms with Gasteiger partial charge in [0, 0.05) is 12.5 Å². The van der Waals surface area contributed by atoms with Crippen molar-refractivity contribution in [2.24, 2.45) is 0 Å². The Labute approximate surface area is 151 Å². The van der Waals surface area contributed by atoms with E-state index in [-0.39, 0.29) is 9.79 Å². The lowest BCUT2D eigenvalue weighted by Gasteiger charge is -2.11. The predicted octanol–water partition coefficient (Wildman–Crippen LogP) is 3.81. The maximum Gasteiger partial charge on any atom is 0.175 e. The van der Waals surface area contributed by atoms with Crippen LogP contribution in [-0.2, 0) is 19.7 Å². The van der Waals surface area contributed by atoms with Crippen LogP contribution in [0.5, 0.6) is 11.5 Å². The summed E-state index contributed by atoms with van der Waals surface area (Å²) >= 11 is 6.53. The zero-order chi connectivity index (χ0) is 17.4. The van der Waals surface area contributed by atoms with Crippen LogP contribution in [0.25, 0.3) is 0 Å². The highest BCUT2D eigenvalue weighted by molar-refractivity contribution is 9.11. The van der Waals surface area contributed by atoms with Crippen molar-refractivity contribution < 1.29 is 21.6 Å². The second-order valence-corrected chi connectivity index (χ2v) is 10.6. The van der Waals surface area contributed by atoms with Crippen LogP contribution in [0.15, 0.2) is 55.1 Å². The minimum Gasteiger partial charge on any atom is -0.455 e. The van der Waals surface area contributed by atoms with Gasteiger partial charge in [-0.15, -0.1) is 0 Å². The van der Waals surface area contributed by atoms with E-state index in [1.54, 1.807) is 0 Å². The molecule has 2 aromatic carbocycles. The molecule has 0 aliphatic carbocycles. The molecule has 0 heterocycles. The van der Waals surface area contributed by atoms with Gasteiger partial charge in [0.2, 0.25) is 0 Å². The molecule has 0 aliphatic heterocycles. The highest BCUT2D eigenvalue weighted by Crippen LogP contribution is 2.36. The van der Waals surface area contributed by atoms with Gasteiger partial charge in [0.25, 0.3) is 0 Å². The summed E-state index contributed by atoms with van der Waals surface area (Å²) in [6.45, 7) is 0. The summed E-state index contributed by atoms with van der Waals surface area (Å²) in [6.07, 6.45) is 2.24. The van der Waals surface area contributed by atoms with Crippen LogP contribution in [0.4, 0.5) is 0 Å². The largest absolute Gasteiger partial charge is 0.455 e. The number of benzene rings is 2. The number of ether oxygens (including phenoxy) is 1. The molecule has 0 bridgehead atoms. The van der Waals surface area contributed by atoms with Gasteiger partial charge in [-0.2, -0.15) is 0 Å². The molecule has 0 saturated heterocycles. The van der Waals surface area contributed by atoms with Crippen LogP contribution in [0.3, 0.4) is 0 Å². The Hall–Kier alpha value is -0.900. The molecule has 0 unspecified atom stereocenters. The first kappa shape index (κ1) is 18.4. The zero-order valence-electron chi connectivity index (χ0n) is 12.1. The maximum atomic E-state index is 11.5. The van der Waals surface area contributed by atoms with Gasteiger partial charge in [-0.1, -0.05) is 0 Å². The van der Waals surface area contributed by atoms with Gasteiger partial charge < -0.3 is 4.74 Å². The van der Waals surface area contributed by atoms with Gasteiger partial charge in [-0.25, -0.2) is 16.8 Å². The molecule has 9 heteroatoms. The third-order valence-corrected chi connectivity index (χ3v) is 6.34. The molecule has 2 rings (SSSR count). The van der Waals surface area contributed by atoms with Gasteiger partial charge in [0.1, 0.15) is 11.5 Å². The van der Waals surface area contributed by atoms with Crippen LogP contribution in [0.2, 0.25) is 0 Å². The molecule has 5 nitrogen and oxygen atoms in total. The van der Waals surface area contributed by atoms with Gasteiger partial charge >= 0.3 is 0 Å². The van der Waals surface area contributed by atoms with Crippen LogP contribution in [0, 0.1) is 0 Å². The Kier molecular flexibility index (Phi) is 5.24. The van der Waals surface area contributed by atoms with Crippen molar-refractivity contribution in [2.75, 3.05) is 12.5 Å². The standard InChI is InChI=1S/C14H12Br2O5S2/c1-22(17,18)9-3-5-13(11(15)7-9)21-14-6-4-10(8-12(14)16)23(2,19)20/h3-8H,1-2H3. The molecule has 0 amide bonds. The minimum atomic E-state index is -3.31. The Morgan fingerprint density at radius 1 is 0.739 bits per heavy atom. The molecule has 0 spiro atoms. The summed E-state index contributed by atoms with van der Waals surface area (Å²) in [7, 11) is -6.61. The second kappa shape index (κ2) is 6.54. The highest BCUT2D eigenvalue weighted by atomic mass is 79.9. The average molecular weight is 484 g/mol. The molecule has 2 aromatic rings. The van der Waals surface area contributed by atoms with Crippen LogP contribution in [-0.4, -0.2) is 29.3 Å². The Morgan fingerprint density at radius 2 is 1.09 bits per heavy atom. The monoisotopic (exact) mass is 482 g/mol. The van der Waals surface area contributed by atoms with Gasteiger partial charge in [0.15, 0.2) is 19.7 Å². The van der Waals surface area contributed by atoms with Crippen molar-refractivity contribution in [2.45, 2.75) is 9.79 Å². The summed E-state index contributed by atoms with van der Waals surface area (Å²) in [6, 6.07) is 8.82. The van der Waals surface area contributed by atoms with E-state index in [1.807, 2.05) is 0 Å². The quantitative estimate of drug-likeness (QED) is 0.660. The maximum absolute atomic E-state index is 11.5. The van der Waals surface area contributed by atoms with Crippen molar-refractivity contribution in [1.82, 2.24) is 0 Å². The lowest BCUT2D eigenvalue weighted by atomic mass is 10.3. The van der Waals surface area contributed by atoms with Crippen LogP contribution < -0.4 is 4.74 Å².